The summed E-state index contributed by atoms with van der Waals surface area (Å²) in [5, 5.41) is 15.6. The minimum absolute atomic E-state index is 0.196. The average Bonchev–Trinajstić information content (AvgIpc) is 3.37. The van der Waals surface area contributed by atoms with Gasteiger partial charge in [0.1, 0.15) is 11.5 Å². The molecule has 5 aromatic heterocycles. The van der Waals surface area contributed by atoms with E-state index in [-0.39, 0.29) is 5.82 Å². The third-order valence-corrected chi connectivity index (χ3v) is 4.38. The summed E-state index contributed by atoms with van der Waals surface area (Å²) in [6.45, 7) is 0. The molecule has 5 rings (SSSR count). The average molecular weight is 381 g/mol. The van der Waals surface area contributed by atoms with Gasteiger partial charge in [0, 0.05) is 30.6 Å². The van der Waals surface area contributed by atoms with Crippen molar-refractivity contribution in [1.29, 1.82) is 0 Å². The van der Waals surface area contributed by atoms with Crippen LogP contribution >= 0.6 is 0 Å². The first-order valence-electron chi connectivity index (χ1n) is 8.26. The molecular formula is C17H13F2N9. The van der Waals surface area contributed by atoms with Gasteiger partial charge in [0.15, 0.2) is 11.3 Å². The van der Waals surface area contributed by atoms with Crippen molar-refractivity contribution in [1.82, 2.24) is 39.0 Å². The Labute approximate surface area is 156 Å². The number of alkyl halides is 2. The first kappa shape index (κ1) is 16.3. The Morgan fingerprint density at radius 2 is 1.79 bits per heavy atom. The summed E-state index contributed by atoms with van der Waals surface area (Å²) < 4.78 is 34.6. The number of aromatic nitrogens is 8. The molecule has 0 aliphatic rings. The lowest BCUT2D eigenvalue weighted by Gasteiger charge is -2.14. The Hall–Kier alpha value is -3.89. The van der Waals surface area contributed by atoms with Crippen molar-refractivity contribution < 1.29 is 8.78 Å². The molecule has 5 heterocycles. The lowest BCUT2D eigenvalue weighted by atomic mass is 10.1. The standard InChI is InChI=1S/C17H13F2N9/c1-26-7-11(6-21-26)10-2-4-15-23-24-16(27(15)8-10)17(18,19)12-3-5-14-22-13(20)9-28(14)25-12/h2-9H,20H2,1H3. The molecule has 0 aliphatic heterocycles. The van der Waals surface area contributed by atoms with Crippen LogP contribution in [0.3, 0.4) is 0 Å². The van der Waals surface area contributed by atoms with Gasteiger partial charge in [-0.05, 0) is 24.3 Å². The van der Waals surface area contributed by atoms with Crippen LogP contribution in [-0.4, -0.2) is 39.0 Å². The van der Waals surface area contributed by atoms with Crippen molar-refractivity contribution in [2.24, 2.45) is 7.05 Å². The van der Waals surface area contributed by atoms with Gasteiger partial charge in [0.05, 0.1) is 12.4 Å². The highest BCUT2D eigenvalue weighted by molar-refractivity contribution is 5.63. The van der Waals surface area contributed by atoms with E-state index in [9.17, 15) is 0 Å². The van der Waals surface area contributed by atoms with Crippen LogP contribution in [0.4, 0.5) is 14.6 Å². The highest BCUT2D eigenvalue weighted by Crippen LogP contribution is 2.34. The van der Waals surface area contributed by atoms with Gasteiger partial charge in [-0.15, -0.1) is 10.2 Å². The zero-order chi connectivity index (χ0) is 19.5. The maximum atomic E-state index is 15.3. The maximum Gasteiger partial charge on any atom is 0.350 e. The smallest absolute Gasteiger partial charge is 0.350 e. The number of pyridine rings is 1. The highest BCUT2D eigenvalue weighted by Gasteiger charge is 2.41. The van der Waals surface area contributed by atoms with Gasteiger partial charge in [-0.1, -0.05) is 0 Å². The zero-order valence-corrected chi connectivity index (χ0v) is 14.5. The van der Waals surface area contributed by atoms with Crippen LogP contribution in [0, 0.1) is 0 Å². The second kappa shape index (κ2) is 5.55. The third-order valence-electron chi connectivity index (χ3n) is 4.38. The number of nitrogens with zero attached hydrogens (tertiary/aromatic N) is 8. The molecule has 0 aliphatic carbocycles. The molecule has 0 fully saturated rings. The second-order valence-electron chi connectivity index (χ2n) is 6.33. The van der Waals surface area contributed by atoms with Crippen molar-refractivity contribution in [3.63, 3.8) is 0 Å². The SMILES string of the molecule is Cn1cc(-c2ccc3nnc(C(F)(F)c4ccc5nc(N)cn5n4)n3c2)cn1. The first-order chi connectivity index (χ1) is 13.4. The Balaban J connectivity index is 1.65. The van der Waals surface area contributed by atoms with E-state index >= 15 is 8.78 Å². The minimum Gasteiger partial charge on any atom is -0.382 e. The van der Waals surface area contributed by atoms with Crippen LogP contribution in [0.1, 0.15) is 11.5 Å². The Morgan fingerprint density at radius 3 is 2.57 bits per heavy atom. The Bertz CT molecular complexity index is 1330. The van der Waals surface area contributed by atoms with Crippen LogP contribution in [-0.2, 0) is 13.0 Å². The van der Waals surface area contributed by atoms with Gasteiger partial charge in [0.25, 0.3) is 0 Å². The normalized spacial score (nSPS) is 12.2. The molecule has 2 N–H and O–H groups in total. The molecule has 0 aromatic carbocycles. The summed E-state index contributed by atoms with van der Waals surface area (Å²) in [4.78, 5) is 3.99. The molecule has 0 saturated heterocycles. The molecule has 0 saturated carbocycles. The van der Waals surface area contributed by atoms with Crippen LogP contribution in [0.25, 0.3) is 22.4 Å². The van der Waals surface area contributed by atoms with E-state index in [0.29, 0.717) is 16.9 Å². The second-order valence-corrected chi connectivity index (χ2v) is 6.33. The molecule has 28 heavy (non-hydrogen) atoms. The third kappa shape index (κ3) is 2.40. The minimum atomic E-state index is -3.49. The van der Waals surface area contributed by atoms with Gasteiger partial charge < -0.3 is 5.73 Å². The van der Waals surface area contributed by atoms with Gasteiger partial charge in [-0.25, -0.2) is 9.50 Å². The predicted octanol–water partition coefficient (Wildman–Crippen LogP) is 1.89. The number of anilines is 1. The first-order valence-corrected chi connectivity index (χ1v) is 8.26. The van der Waals surface area contributed by atoms with Crippen molar-refractivity contribution in [3.8, 4) is 11.1 Å². The number of imidazole rings is 1. The highest BCUT2D eigenvalue weighted by atomic mass is 19.3. The molecule has 0 amide bonds. The summed E-state index contributed by atoms with van der Waals surface area (Å²) in [6.07, 6.45) is 6.38. The molecule has 5 aromatic rings. The van der Waals surface area contributed by atoms with E-state index in [1.165, 1.54) is 27.2 Å². The summed E-state index contributed by atoms with van der Waals surface area (Å²) in [7, 11) is 1.78. The molecule has 0 atom stereocenters. The zero-order valence-electron chi connectivity index (χ0n) is 14.5. The van der Waals surface area contributed by atoms with Crippen molar-refractivity contribution in [2.45, 2.75) is 5.92 Å². The summed E-state index contributed by atoms with van der Waals surface area (Å²) >= 11 is 0. The fraction of sp³-hybridized carbons (Fsp3) is 0.118. The fourth-order valence-electron chi connectivity index (χ4n) is 3.03. The van der Waals surface area contributed by atoms with Crippen LogP contribution in [0.2, 0.25) is 0 Å². The van der Waals surface area contributed by atoms with Gasteiger partial charge in [0.2, 0.25) is 5.82 Å². The molecule has 11 heteroatoms. The molecule has 0 radical (unpaired) electrons. The van der Waals surface area contributed by atoms with E-state index in [2.05, 4.69) is 25.4 Å². The van der Waals surface area contributed by atoms with Crippen LogP contribution in [0.5, 0.6) is 0 Å². The lowest BCUT2D eigenvalue weighted by molar-refractivity contribution is 0.0258. The molecule has 9 nitrogen and oxygen atoms in total. The quantitative estimate of drug-likeness (QED) is 0.512. The monoisotopic (exact) mass is 381 g/mol. The Kier molecular flexibility index (Phi) is 3.23. The molecule has 0 bridgehead atoms. The van der Waals surface area contributed by atoms with Gasteiger partial charge in [-0.2, -0.15) is 19.0 Å². The predicted molar refractivity (Wildman–Crippen MR) is 95.6 cm³/mol. The fourth-order valence-corrected chi connectivity index (χ4v) is 3.03. The number of nitrogens with two attached hydrogens (primary N) is 1. The number of nitrogen functional groups attached to an aromatic ring is 1. The topological polar surface area (TPSA) is 104 Å². The van der Waals surface area contributed by atoms with Crippen LogP contribution in [0.15, 0.2) is 49.1 Å². The number of hydrogen-bond donors (Lipinski definition) is 1. The van der Waals surface area contributed by atoms with Crippen LogP contribution < -0.4 is 5.73 Å². The summed E-state index contributed by atoms with van der Waals surface area (Å²) in [5.74, 6) is -3.82. The van der Waals surface area contributed by atoms with Crippen molar-refractivity contribution in [3.05, 3.63) is 60.6 Å². The van der Waals surface area contributed by atoms with E-state index in [1.54, 1.807) is 42.5 Å². The van der Waals surface area contributed by atoms with E-state index in [1.807, 2.05) is 0 Å². The largest absolute Gasteiger partial charge is 0.382 e. The van der Waals surface area contributed by atoms with Gasteiger partial charge >= 0.3 is 5.92 Å². The number of rotatable bonds is 3. The lowest BCUT2D eigenvalue weighted by Crippen LogP contribution is -2.22. The number of aryl methyl sites for hydroxylation is 1. The van der Waals surface area contributed by atoms with Gasteiger partial charge in [-0.3, -0.25) is 9.08 Å². The summed E-state index contributed by atoms with van der Waals surface area (Å²) in [5.41, 5.74) is 7.29. The number of fused-ring (bicyclic) bond motifs is 2. The Morgan fingerprint density at radius 1 is 0.964 bits per heavy atom. The number of halogens is 2. The molecular weight excluding hydrogens is 368 g/mol. The van der Waals surface area contributed by atoms with Crippen molar-refractivity contribution >= 4 is 17.1 Å². The molecule has 0 unspecified atom stereocenters. The van der Waals surface area contributed by atoms with E-state index < -0.39 is 17.4 Å². The number of hydrogen-bond acceptors (Lipinski definition) is 6. The van der Waals surface area contributed by atoms with E-state index in [4.69, 9.17) is 5.73 Å². The summed E-state index contributed by atoms with van der Waals surface area (Å²) in [6, 6.07) is 6.04. The van der Waals surface area contributed by atoms with Crippen molar-refractivity contribution in [2.75, 3.05) is 5.73 Å². The maximum absolute atomic E-state index is 15.3. The van der Waals surface area contributed by atoms with E-state index in [0.717, 1.165) is 5.56 Å². The molecule has 140 valence electrons. The molecule has 0 spiro atoms.